The monoisotopic (exact) mass is 417 g/mol. The van der Waals surface area contributed by atoms with E-state index in [2.05, 4.69) is 15.1 Å². The average molecular weight is 418 g/mol. The van der Waals surface area contributed by atoms with Gasteiger partial charge >= 0.3 is 5.97 Å². The van der Waals surface area contributed by atoms with Crippen LogP contribution in [-0.4, -0.2) is 35.4 Å². The summed E-state index contributed by atoms with van der Waals surface area (Å²) in [5.74, 6) is -2.05. The Morgan fingerprint density at radius 1 is 1.36 bits per heavy atom. The van der Waals surface area contributed by atoms with Crippen LogP contribution < -0.4 is 0 Å². The number of aromatic carboxylic acids is 1. The molecule has 0 radical (unpaired) electrons. The summed E-state index contributed by atoms with van der Waals surface area (Å²) >= 11 is 7.27. The van der Waals surface area contributed by atoms with Crippen LogP contribution in [0.4, 0.5) is 4.39 Å². The van der Waals surface area contributed by atoms with Crippen molar-refractivity contribution in [1.29, 1.82) is 0 Å². The molecular weight excluding hydrogens is 405 g/mol. The highest BCUT2D eigenvalue weighted by molar-refractivity contribution is 7.99. The van der Waals surface area contributed by atoms with E-state index in [9.17, 15) is 9.18 Å². The van der Waals surface area contributed by atoms with Crippen molar-refractivity contribution in [2.45, 2.75) is 16.8 Å². The average Bonchev–Trinajstić information content (AvgIpc) is 3.18. The largest absolute Gasteiger partial charge is 0.475 e. The number of carboxylic acid groups (broad SMARTS) is 1. The summed E-state index contributed by atoms with van der Waals surface area (Å²) in [5, 5.41) is 14.4. The number of nitrogens with zero attached hydrogens (tertiary/aromatic N) is 5. The first kappa shape index (κ1) is 18.5. The van der Waals surface area contributed by atoms with Crippen LogP contribution in [0.25, 0.3) is 16.6 Å². The molecule has 0 aliphatic rings. The van der Waals surface area contributed by atoms with Gasteiger partial charge in [0.15, 0.2) is 0 Å². The van der Waals surface area contributed by atoms with Crippen molar-refractivity contribution in [3.63, 3.8) is 0 Å². The topological polar surface area (TPSA) is 85.8 Å². The molecule has 0 fully saturated rings. The Balaban J connectivity index is 1.93. The zero-order chi connectivity index (χ0) is 20.0. The minimum Gasteiger partial charge on any atom is -0.475 e. The number of carbonyl (C=O) groups is 1. The van der Waals surface area contributed by atoms with Crippen LogP contribution in [0.3, 0.4) is 0 Å². The molecule has 4 aromatic rings. The van der Waals surface area contributed by atoms with Gasteiger partial charge in [-0.05, 0) is 25.1 Å². The first-order valence-electron chi connectivity index (χ1n) is 8.08. The Hall–Kier alpha value is -2.91. The highest BCUT2D eigenvalue weighted by Gasteiger charge is 2.20. The molecule has 0 aliphatic heterocycles. The summed E-state index contributed by atoms with van der Waals surface area (Å²) in [5.41, 5.74) is 2.34. The van der Waals surface area contributed by atoms with Gasteiger partial charge in [0.1, 0.15) is 10.8 Å². The quantitative estimate of drug-likeness (QED) is 0.503. The van der Waals surface area contributed by atoms with Gasteiger partial charge in [0.05, 0.1) is 22.4 Å². The van der Waals surface area contributed by atoms with E-state index in [1.165, 1.54) is 24.0 Å². The lowest BCUT2D eigenvalue weighted by atomic mass is 10.2. The lowest BCUT2D eigenvalue weighted by molar-refractivity contribution is 0.0682. The van der Waals surface area contributed by atoms with E-state index < -0.39 is 11.8 Å². The third-order valence-electron chi connectivity index (χ3n) is 4.17. The van der Waals surface area contributed by atoms with Gasteiger partial charge in [-0.1, -0.05) is 23.4 Å². The van der Waals surface area contributed by atoms with Crippen LogP contribution >= 0.6 is 23.4 Å². The number of benzene rings is 1. The summed E-state index contributed by atoms with van der Waals surface area (Å²) in [7, 11) is 1.81. The van der Waals surface area contributed by atoms with Gasteiger partial charge < -0.3 is 9.67 Å². The lowest BCUT2D eigenvalue weighted by Crippen LogP contribution is -2.03. The highest BCUT2D eigenvalue weighted by Crippen LogP contribution is 2.40. The molecule has 3 heterocycles. The van der Waals surface area contributed by atoms with Gasteiger partial charge in [-0.25, -0.2) is 19.2 Å². The second kappa shape index (κ2) is 6.92. The molecule has 4 rings (SSSR count). The Bertz CT molecular complexity index is 1240. The zero-order valence-electron chi connectivity index (χ0n) is 14.7. The second-order valence-electron chi connectivity index (χ2n) is 6.03. The molecule has 0 atom stereocenters. The van der Waals surface area contributed by atoms with Crippen LogP contribution in [0.1, 0.15) is 16.3 Å². The van der Waals surface area contributed by atoms with Crippen LogP contribution in [0.2, 0.25) is 5.02 Å². The van der Waals surface area contributed by atoms with E-state index >= 15 is 0 Å². The predicted molar refractivity (Wildman–Crippen MR) is 103 cm³/mol. The number of aromatic nitrogens is 5. The van der Waals surface area contributed by atoms with Crippen molar-refractivity contribution in [2.24, 2.45) is 7.05 Å². The molecular formula is C18H13ClFN5O2S. The lowest BCUT2D eigenvalue weighted by Gasteiger charge is -2.06. The zero-order valence-corrected chi connectivity index (χ0v) is 16.3. The first-order valence-corrected chi connectivity index (χ1v) is 9.28. The normalized spacial score (nSPS) is 11.3. The van der Waals surface area contributed by atoms with E-state index in [4.69, 9.17) is 16.7 Å². The van der Waals surface area contributed by atoms with Gasteiger partial charge in [-0.15, -0.1) is 0 Å². The standard InChI is InChI=1S/C18H13ClFN5O2S/c1-9-16(28-15-3-4-21-17(23-15)18(26)27)11-5-13(20)12(19)6-14(11)25(9)10-7-22-24(2)8-10/h3-8H,1-2H3,(H,26,27). The molecule has 28 heavy (non-hydrogen) atoms. The molecule has 0 spiro atoms. The van der Waals surface area contributed by atoms with Gasteiger partial charge in [0.2, 0.25) is 5.82 Å². The maximum absolute atomic E-state index is 14.2. The smallest absolute Gasteiger partial charge is 0.373 e. The fourth-order valence-corrected chi connectivity index (χ4v) is 4.11. The van der Waals surface area contributed by atoms with Crippen molar-refractivity contribution in [2.75, 3.05) is 0 Å². The molecule has 10 heteroatoms. The van der Waals surface area contributed by atoms with Crippen molar-refractivity contribution in [3.8, 4) is 5.69 Å². The molecule has 0 saturated carbocycles. The molecule has 0 aliphatic carbocycles. The molecule has 0 saturated heterocycles. The van der Waals surface area contributed by atoms with E-state index in [0.29, 0.717) is 15.9 Å². The summed E-state index contributed by atoms with van der Waals surface area (Å²) in [6, 6.07) is 4.55. The maximum atomic E-state index is 14.2. The van der Waals surface area contributed by atoms with Crippen LogP contribution in [0.5, 0.6) is 0 Å². The summed E-state index contributed by atoms with van der Waals surface area (Å²) in [6.45, 7) is 1.89. The Morgan fingerprint density at radius 2 is 2.14 bits per heavy atom. The van der Waals surface area contributed by atoms with Crippen molar-refractivity contribution in [1.82, 2.24) is 24.3 Å². The van der Waals surface area contributed by atoms with Crippen molar-refractivity contribution < 1.29 is 14.3 Å². The third kappa shape index (κ3) is 3.12. The van der Waals surface area contributed by atoms with Crippen LogP contribution in [0.15, 0.2) is 46.7 Å². The molecule has 142 valence electrons. The number of rotatable bonds is 4. The fourth-order valence-electron chi connectivity index (χ4n) is 2.97. The van der Waals surface area contributed by atoms with E-state index in [1.807, 2.05) is 17.7 Å². The van der Waals surface area contributed by atoms with E-state index in [1.54, 1.807) is 30.1 Å². The van der Waals surface area contributed by atoms with E-state index in [-0.39, 0.29) is 10.8 Å². The maximum Gasteiger partial charge on any atom is 0.373 e. The van der Waals surface area contributed by atoms with Crippen LogP contribution in [-0.2, 0) is 7.05 Å². The van der Waals surface area contributed by atoms with Crippen molar-refractivity contribution >= 4 is 40.2 Å². The van der Waals surface area contributed by atoms with Gasteiger partial charge in [0.25, 0.3) is 0 Å². The number of aryl methyl sites for hydroxylation is 1. The Labute approximate surface area is 167 Å². The first-order chi connectivity index (χ1) is 13.3. The molecule has 0 unspecified atom stereocenters. The fraction of sp³-hybridized carbons (Fsp3) is 0.111. The number of fused-ring (bicyclic) bond motifs is 1. The summed E-state index contributed by atoms with van der Waals surface area (Å²) in [4.78, 5) is 19.7. The summed E-state index contributed by atoms with van der Waals surface area (Å²) in [6.07, 6.45) is 4.92. The van der Waals surface area contributed by atoms with Gasteiger partial charge in [-0.3, -0.25) is 4.68 Å². The Kier molecular flexibility index (Phi) is 4.56. The molecule has 0 amide bonds. The minimum atomic E-state index is -1.21. The van der Waals surface area contributed by atoms with Gasteiger partial charge in [-0.2, -0.15) is 5.10 Å². The van der Waals surface area contributed by atoms with Crippen LogP contribution in [0, 0.1) is 12.7 Å². The highest BCUT2D eigenvalue weighted by atomic mass is 35.5. The number of hydrogen-bond donors (Lipinski definition) is 1. The third-order valence-corrected chi connectivity index (χ3v) is 5.61. The number of carboxylic acids is 1. The SMILES string of the molecule is Cc1c(Sc2ccnc(C(=O)O)n2)c2cc(F)c(Cl)cc2n1-c1cnn(C)c1. The Morgan fingerprint density at radius 3 is 2.82 bits per heavy atom. The number of halogens is 2. The van der Waals surface area contributed by atoms with Gasteiger partial charge in [0, 0.05) is 35.4 Å². The minimum absolute atomic E-state index is 0.0156. The summed E-state index contributed by atoms with van der Waals surface area (Å²) < 4.78 is 17.8. The molecule has 3 aromatic heterocycles. The second-order valence-corrected chi connectivity index (χ2v) is 7.47. The number of hydrogen-bond acceptors (Lipinski definition) is 5. The van der Waals surface area contributed by atoms with Crippen molar-refractivity contribution in [3.05, 3.63) is 59.1 Å². The predicted octanol–water partition coefficient (Wildman–Crippen LogP) is 4.10. The molecule has 7 nitrogen and oxygen atoms in total. The molecule has 1 N–H and O–H groups in total. The van der Waals surface area contributed by atoms with E-state index in [0.717, 1.165) is 16.3 Å². The molecule has 1 aromatic carbocycles. The molecule has 0 bridgehead atoms.